The van der Waals surface area contributed by atoms with Crippen molar-refractivity contribution in [3.05, 3.63) is 87.6 Å². The van der Waals surface area contributed by atoms with Crippen LogP contribution in [0.4, 0.5) is 0 Å². The van der Waals surface area contributed by atoms with Gasteiger partial charge in [-0.15, -0.1) is 0 Å². The zero-order valence-electron chi connectivity index (χ0n) is 19.0. The first kappa shape index (κ1) is 20.9. The van der Waals surface area contributed by atoms with E-state index in [1.807, 2.05) is 18.4 Å². The Labute approximate surface area is 183 Å². The van der Waals surface area contributed by atoms with Crippen molar-refractivity contribution in [2.24, 2.45) is 9.98 Å². The lowest BCUT2D eigenvalue weighted by Gasteiger charge is -2.03. The third kappa shape index (κ3) is 4.11. The molecular formula is C27H30N4. The topological polar surface area (TPSA) is 56.3 Å². The maximum Gasteiger partial charge on any atom is 0.0687 e. The van der Waals surface area contributed by atoms with E-state index in [0.29, 0.717) is 0 Å². The van der Waals surface area contributed by atoms with Gasteiger partial charge in [0.2, 0.25) is 0 Å². The minimum Gasteiger partial charge on any atom is -0.355 e. The Balaban J connectivity index is 1.73. The van der Waals surface area contributed by atoms with Crippen LogP contribution < -0.4 is 10.7 Å². The van der Waals surface area contributed by atoms with Gasteiger partial charge in [-0.25, -0.2) is 4.99 Å². The third-order valence-electron chi connectivity index (χ3n) is 6.11. The standard InChI is InChI=1S/C27H30N4/c1-6-17(3)21-10-11-24(29-21)19(5)25-13-15-27(31-25)20(7-2)26-14-12-23(30-26)18(4)22-9-8-16-28-22/h8-16,30-31H,6-7H2,1-5H3/b21-17+,22-18-,25-19-,27-20-. The lowest BCUT2D eigenvalue weighted by atomic mass is 10.1. The van der Waals surface area contributed by atoms with E-state index in [2.05, 4.69) is 86.0 Å². The van der Waals surface area contributed by atoms with Gasteiger partial charge in [-0.05, 0) is 104 Å². The van der Waals surface area contributed by atoms with Crippen LogP contribution in [0.5, 0.6) is 0 Å². The average Bonchev–Trinajstić information content (AvgIpc) is 3.58. The Hall–Kier alpha value is -3.40. The molecule has 0 bridgehead atoms. The number of allylic oxidation sites excluding steroid dienone is 6. The second kappa shape index (κ2) is 8.76. The van der Waals surface area contributed by atoms with Crippen molar-refractivity contribution in [2.75, 3.05) is 0 Å². The molecule has 0 unspecified atom stereocenters. The van der Waals surface area contributed by atoms with Gasteiger partial charge in [-0.3, -0.25) is 4.99 Å². The first-order valence-corrected chi connectivity index (χ1v) is 11.0. The molecule has 158 valence electrons. The Morgan fingerprint density at radius 3 is 2.26 bits per heavy atom. The first-order chi connectivity index (χ1) is 15.0. The second-order valence-electron chi connectivity index (χ2n) is 8.03. The predicted molar refractivity (Wildman–Crippen MR) is 133 cm³/mol. The average molecular weight is 411 g/mol. The quantitative estimate of drug-likeness (QED) is 0.682. The van der Waals surface area contributed by atoms with Crippen molar-refractivity contribution in [1.82, 2.24) is 9.97 Å². The summed E-state index contributed by atoms with van der Waals surface area (Å²) in [6, 6.07) is 8.62. The zero-order chi connectivity index (χ0) is 22.0. The SMILES string of the molecule is CC/C(c1ccc(/C(C)=C2/C=CC=N2)[nH]1)=c1\cc/c(=C(\C)C2=N/C(=C(\C)CC)C=C2)[nH]1. The van der Waals surface area contributed by atoms with Crippen molar-refractivity contribution in [3.8, 4) is 0 Å². The van der Waals surface area contributed by atoms with Crippen LogP contribution in [-0.2, 0) is 0 Å². The van der Waals surface area contributed by atoms with Crippen LogP contribution in [0.25, 0.3) is 16.7 Å². The molecule has 4 nitrogen and oxygen atoms in total. The van der Waals surface area contributed by atoms with Gasteiger partial charge in [-0.2, -0.15) is 0 Å². The van der Waals surface area contributed by atoms with Gasteiger partial charge in [0.1, 0.15) is 0 Å². The number of nitrogens with zero attached hydrogens (tertiary/aromatic N) is 2. The van der Waals surface area contributed by atoms with E-state index >= 15 is 0 Å². The Kier molecular flexibility index (Phi) is 5.90. The van der Waals surface area contributed by atoms with E-state index in [1.54, 1.807) is 0 Å². The lowest BCUT2D eigenvalue weighted by Crippen LogP contribution is -2.17. The van der Waals surface area contributed by atoms with E-state index in [9.17, 15) is 0 Å². The van der Waals surface area contributed by atoms with Gasteiger partial charge in [-0.1, -0.05) is 13.8 Å². The molecule has 0 aromatic carbocycles. The fourth-order valence-electron chi connectivity index (χ4n) is 3.89. The molecule has 0 saturated carbocycles. The lowest BCUT2D eigenvalue weighted by molar-refractivity contribution is 1.06. The normalized spacial score (nSPS) is 20.4. The third-order valence-corrected chi connectivity index (χ3v) is 6.11. The molecule has 2 N–H and O–H groups in total. The maximum atomic E-state index is 4.82. The van der Waals surface area contributed by atoms with Crippen LogP contribution in [0, 0.1) is 0 Å². The highest BCUT2D eigenvalue weighted by Crippen LogP contribution is 2.24. The van der Waals surface area contributed by atoms with Gasteiger partial charge in [0.15, 0.2) is 0 Å². The summed E-state index contributed by atoms with van der Waals surface area (Å²) in [5.41, 5.74) is 10.3. The number of hydrogen-bond donors (Lipinski definition) is 2. The Morgan fingerprint density at radius 2 is 1.55 bits per heavy atom. The molecular weight excluding hydrogens is 380 g/mol. The van der Waals surface area contributed by atoms with Crippen molar-refractivity contribution < 1.29 is 0 Å². The summed E-state index contributed by atoms with van der Waals surface area (Å²) in [7, 11) is 0. The van der Waals surface area contributed by atoms with Crippen molar-refractivity contribution in [3.63, 3.8) is 0 Å². The number of hydrogen-bond acceptors (Lipinski definition) is 2. The monoisotopic (exact) mass is 410 g/mol. The minimum atomic E-state index is 0.927. The highest BCUT2D eigenvalue weighted by Gasteiger charge is 2.11. The van der Waals surface area contributed by atoms with Crippen LogP contribution in [0.3, 0.4) is 0 Å². The van der Waals surface area contributed by atoms with Crippen LogP contribution in [0.15, 0.2) is 75.5 Å². The first-order valence-electron chi connectivity index (χ1n) is 11.0. The fraction of sp³-hybridized carbons (Fsp3) is 0.259. The number of nitrogens with one attached hydrogen (secondary N) is 2. The van der Waals surface area contributed by atoms with Crippen molar-refractivity contribution in [1.29, 1.82) is 0 Å². The molecule has 0 atom stereocenters. The predicted octanol–water partition coefficient (Wildman–Crippen LogP) is 5.19. The number of aromatic nitrogens is 2. The molecule has 4 rings (SSSR count). The Morgan fingerprint density at radius 1 is 0.774 bits per heavy atom. The van der Waals surface area contributed by atoms with Gasteiger partial charge in [0, 0.05) is 28.3 Å². The molecule has 2 aromatic heterocycles. The Bertz CT molecular complexity index is 1300. The smallest absolute Gasteiger partial charge is 0.0687 e. The van der Waals surface area contributed by atoms with Crippen LogP contribution in [-0.4, -0.2) is 21.9 Å². The molecule has 2 aromatic rings. The summed E-state index contributed by atoms with van der Waals surface area (Å²) in [5, 5.41) is 2.24. The van der Waals surface area contributed by atoms with Crippen molar-refractivity contribution in [2.45, 2.75) is 47.5 Å². The molecule has 2 aliphatic rings. The molecule has 2 aliphatic heterocycles. The molecule has 0 radical (unpaired) electrons. The molecule has 0 saturated heterocycles. The van der Waals surface area contributed by atoms with E-state index in [4.69, 9.17) is 4.99 Å². The number of aromatic amines is 2. The van der Waals surface area contributed by atoms with Crippen LogP contribution in [0.1, 0.15) is 58.8 Å². The van der Waals surface area contributed by atoms with E-state index in [1.165, 1.54) is 11.1 Å². The van der Waals surface area contributed by atoms with Gasteiger partial charge >= 0.3 is 0 Å². The minimum absolute atomic E-state index is 0.927. The maximum absolute atomic E-state index is 4.82. The van der Waals surface area contributed by atoms with Gasteiger partial charge in [0.25, 0.3) is 0 Å². The largest absolute Gasteiger partial charge is 0.355 e. The molecule has 4 heterocycles. The summed E-state index contributed by atoms with van der Waals surface area (Å²) in [5.74, 6) is 0. The van der Waals surface area contributed by atoms with Crippen molar-refractivity contribution >= 4 is 28.6 Å². The van der Waals surface area contributed by atoms with E-state index in [0.717, 1.165) is 63.2 Å². The van der Waals surface area contributed by atoms with Gasteiger partial charge in [0.05, 0.1) is 17.1 Å². The highest BCUT2D eigenvalue weighted by atomic mass is 14.8. The highest BCUT2D eigenvalue weighted by molar-refractivity contribution is 6.25. The molecule has 4 heteroatoms. The van der Waals surface area contributed by atoms with E-state index < -0.39 is 0 Å². The van der Waals surface area contributed by atoms with Crippen LogP contribution in [0.2, 0.25) is 0 Å². The molecule has 0 spiro atoms. The molecule has 31 heavy (non-hydrogen) atoms. The molecule has 0 aliphatic carbocycles. The molecule has 0 amide bonds. The zero-order valence-corrected chi connectivity index (χ0v) is 19.0. The molecule has 0 fully saturated rings. The number of H-pyrrole nitrogens is 2. The summed E-state index contributed by atoms with van der Waals surface area (Å²) in [6.45, 7) is 10.7. The second-order valence-corrected chi connectivity index (χ2v) is 8.03. The summed E-state index contributed by atoms with van der Waals surface area (Å²) >= 11 is 0. The van der Waals surface area contributed by atoms with Crippen LogP contribution >= 0.6 is 0 Å². The van der Waals surface area contributed by atoms with Gasteiger partial charge < -0.3 is 9.97 Å². The summed E-state index contributed by atoms with van der Waals surface area (Å²) in [6.07, 6.45) is 12.0. The van der Waals surface area contributed by atoms with E-state index in [-0.39, 0.29) is 0 Å². The fourth-order valence-corrected chi connectivity index (χ4v) is 3.89. The number of rotatable bonds is 5. The summed E-state index contributed by atoms with van der Waals surface area (Å²) < 4.78 is 0. The summed E-state index contributed by atoms with van der Waals surface area (Å²) in [4.78, 5) is 16.4. The number of aliphatic imine (C=N–C) groups is 2.